The van der Waals surface area contributed by atoms with Gasteiger partial charge >= 0.3 is 0 Å². The maximum absolute atomic E-state index is 10.0. The second-order valence-corrected chi connectivity index (χ2v) is 11.4. The van der Waals surface area contributed by atoms with Crippen molar-refractivity contribution in [2.75, 3.05) is 0 Å². The topological polar surface area (TPSA) is 40.5 Å². The summed E-state index contributed by atoms with van der Waals surface area (Å²) in [7, 11) is 0. The van der Waals surface area contributed by atoms with Gasteiger partial charge in [0, 0.05) is 0 Å². The predicted octanol–water partition coefficient (Wildman–Crippen LogP) is 11.6. The Morgan fingerprint density at radius 1 is 0.361 bits per heavy atom. The van der Waals surface area contributed by atoms with Crippen LogP contribution in [0.2, 0.25) is 0 Å². The Bertz CT molecular complexity index is 556. The molecule has 0 unspecified atom stereocenters. The Labute approximate surface area is 225 Å². The zero-order chi connectivity index (χ0) is 26.1. The van der Waals surface area contributed by atoms with Crippen LogP contribution in [0, 0.1) is 0 Å². The number of hydrogen-bond donors (Lipinski definition) is 2. The third-order valence-electron chi connectivity index (χ3n) is 7.90. The maximum atomic E-state index is 10.0. The minimum atomic E-state index is 0.0439. The van der Waals surface area contributed by atoms with Gasteiger partial charge in [0.05, 0.1) is 0 Å². The van der Waals surface area contributed by atoms with Gasteiger partial charge in [-0.3, -0.25) is 0 Å². The second-order valence-electron chi connectivity index (χ2n) is 11.4. The largest absolute Gasteiger partial charge is 0.504 e. The van der Waals surface area contributed by atoms with Crippen LogP contribution < -0.4 is 0 Å². The summed E-state index contributed by atoms with van der Waals surface area (Å²) < 4.78 is 0. The van der Waals surface area contributed by atoms with Crippen LogP contribution in [0.5, 0.6) is 11.5 Å². The molecular formula is C34H62O2. The van der Waals surface area contributed by atoms with Crippen molar-refractivity contribution in [1.82, 2.24) is 0 Å². The average molecular weight is 503 g/mol. The molecule has 0 aromatic heterocycles. The lowest BCUT2D eigenvalue weighted by Gasteiger charge is -2.12. The van der Waals surface area contributed by atoms with Gasteiger partial charge in [0.2, 0.25) is 0 Å². The van der Waals surface area contributed by atoms with Gasteiger partial charge in [-0.2, -0.15) is 0 Å². The number of aromatic hydroxyl groups is 2. The molecule has 0 saturated heterocycles. The molecule has 0 bridgehead atoms. The predicted molar refractivity (Wildman–Crippen MR) is 159 cm³/mol. The molecule has 0 aliphatic heterocycles. The summed E-state index contributed by atoms with van der Waals surface area (Å²) in [6.45, 7) is 4.57. The Morgan fingerprint density at radius 3 is 0.833 bits per heavy atom. The van der Waals surface area contributed by atoms with Gasteiger partial charge in [-0.25, -0.2) is 0 Å². The highest BCUT2D eigenvalue weighted by atomic mass is 16.3. The van der Waals surface area contributed by atoms with Gasteiger partial charge in [0.25, 0.3) is 0 Å². The Hall–Kier alpha value is -1.18. The summed E-state index contributed by atoms with van der Waals surface area (Å²) in [5.74, 6) is 0.0877. The van der Waals surface area contributed by atoms with E-state index >= 15 is 0 Å². The molecule has 0 amide bonds. The molecule has 1 aromatic carbocycles. The maximum Gasteiger partial charge on any atom is 0.157 e. The zero-order valence-corrected chi connectivity index (χ0v) is 24.4. The second kappa shape index (κ2) is 24.2. The molecule has 0 aliphatic carbocycles. The standard InChI is InChI=1S/C34H62O2/c1-3-5-7-9-11-13-15-17-19-21-23-25-27-31-29-33(35)34(36)30-32(31)28-26-24-22-20-18-16-14-12-10-8-6-4-2/h29-30,35-36H,3-28H2,1-2H3. The van der Waals surface area contributed by atoms with E-state index in [0.29, 0.717) is 0 Å². The molecule has 0 radical (unpaired) electrons. The number of unbranched alkanes of at least 4 members (excludes halogenated alkanes) is 22. The third kappa shape index (κ3) is 18.1. The molecule has 0 fully saturated rings. The normalized spacial score (nSPS) is 11.4. The van der Waals surface area contributed by atoms with Gasteiger partial charge in [0.15, 0.2) is 11.5 Å². The van der Waals surface area contributed by atoms with E-state index in [2.05, 4.69) is 13.8 Å². The molecular weight excluding hydrogens is 440 g/mol. The van der Waals surface area contributed by atoms with E-state index in [9.17, 15) is 10.2 Å². The Balaban J connectivity index is 2.12. The lowest BCUT2D eigenvalue weighted by Crippen LogP contribution is -1.96. The van der Waals surface area contributed by atoms with Crippen LogP contribution in [0.15, 0.2) is 12.1 Å². The van der Waals surface area contributed by atoms with E-state index in [1.807, 2.05) is 12.1 Å². The third-order valence-corrected chi connectivity index (χ3v) is 7.90. The lowest BCUT2D eigenvalue weighted by atomic mass is 9.95. The van der Waals surface area contributed by atoms with Crippen LogP contribution in [-0.2, 0) is 12.8 Å². The van der Waals surface area contributed by atoms with Crippen molar-refractivity contribution in [3.63, 3.8) is 0 Å². The van der Waals surface area contributed by atoms with Crippen LogP contribution in [0.25, 0.3) is 0 Å². The van der Waals surface area contributed by atoms with Gasteiger partial charge in [0.1, 0.15) is 0 Å². The summed E-state index contributed by atoms with van der Waals surface area (Å²) >= 11 is 0. The minimum Gasteiger partial charge on any atom is -0.504 e. The fraction of sp³-hybridized carbons (Fsp3) is 0.824. The van der Waals surface area contributed by atoms with Gasteiger partial charge < -0.3 is 10.2 Å². The molecule has 1 rings (SSSR count). The van der Waals surface area contributed by atoms with Crippen LogP contribution in [0.4, 0.5) is 0 Å². The molecule has 0 heterocycles. The first-order valence-corrected chi connectivity index (χ1v) is 16.2. The molecule has 2 nitrogen and oxygen atoms in total. The van der Waals surface area contributed by atoms with Gasteiger partial charge in [-0.15, -0.1) is 0 Å². The first-order valence-electron chi connectivity index (χ1n) is 16.2. The van der Waals surface area contributed by atoms with Crippen molar-refractivity contribution in [3.8, 4) is 11.5 Å². The molecule has 0 aliphatic rings. The molecule has 2 N–H and O–H groups in total. The molecule has 0 spiro atoms. The van der Waals surface area contributed by atoms with Crippen molar-refractivity contribution in [3.05, 3.63) is 23.3 Å². The van der Waals surface area contributed by atoms with Crippen molar-refractivity contribution in [2.45, 2.75) is 181 Å². The van der Waals surface area contributed by atoms with Crippen LogP contribution in [0.3, 0.4) is 0 Å². The quantitative estimate of drug-likeness (QED) is 0.0976. The smallest absolute Gasteiger partial charge is 0.157 e. The Kier molecular flexibility index (Phi) is 22.1. The minimum absolute atomic E-state index is 0.0439. The molecule has 36 heavy (non-hydrogen) atoms. The van der Waals surface area contributed by atoms with E-state index in [0.717, 1.165) is 12.8 Å². The molecule has 1 aromatic rings. The molecule has 0 atom stereocenters. The number of phenols is 2. The summed E-state index contributed by atoms with van der Waals surface area (Å²) in [6.07, 6.45) is 34.8. The van der Waals surface area contributed by atoms with Crippen LogP contribution in [-0.4, -0.2) is 10.2 Å². The molecule has 0 saturated carbocycles. The van der Waals surface area contributed by atoms with Crippen molar-refractivity contribution in [2.24, 2.45) is 0 Å². The van der Waals surface area contributed by atoms with E-state index < -0.39 is 0 Å². The van der Waals surface area contributed by atoms with E-state index in [1.54, 1.807) is 0 Å². The summed E-state index contributed by atoms with van der Waals surface area (Å²) in [6, 6.07) is 3.65. The lowest BCUT2D eigenvalue weighted by molar-refractivity contribution is 0.402. The zero-order valence-electron chi connectivity index (χ0n) is 24.4. The number of rotatable bonds is 26. The molecule has 210 valence electrons. The highest BCUT2D eigenvalue weighted by Gasteiger charge is 2.09. The van der Waals surface area contributed by atoms with E-state index in [4.69, 9.17) is 0 Å². The van der Waals surface area contributed by atoms with E-state index in [-0.39, 0.29) is 11.5 Å². The van der Waals surface area contributed by atoms with Crippen molar-refractivity contribution < 1.29 is 10.2 Å². The first kappa shape index (κ1) is 32.8. The monoisotopic (exact) mass is 502 g/mol. The summed E-state index contributed by atoms with van der Waals surface area (Å²) in [5, 5.41) is 20.1. The van der Waals surface area contributed by atoms with Crippen molar-refractivity contribution >= 4 is 0 Å². The average Bonchev–Trinajstić information content (AvgIpc) is 2.87. The number of hydrogen-bond acceptors (Lipinski definition) is 2. The number of benzene rings is 1. The fourth-order valence-electron chi connectivity index (χ4n) is 5.44. The number of phenolic OH excluding ortho intramolecular Hbond substituents is 2. The summed E-state index contributed by atoms with van der Waals surface area (Å²) in [5.41, 5.74) is 2.50. The first-order chi connectivity index (χ1) is 17.7. The van der Waals surface area contributed by atoms with Gasteiger partial charge in [-0.05, 0) is 48.9 Å². The molecule has 2 heteroatoms. The highest BCUT2D eigenvalue weighted by Crippen LogP contribution is 2.30. The Morgan fingerprint density at radius 2 is 0.583 bits per heavy atom. The fourth-order valence-corrected chi connectivity index (χ4v) is 5.44. The van der Waals surface area contributed by atoms with Crippen LogP contribution >= 0.6 is 0 Å². The summed E-state index contributed by atoms with van der Waals surface area (Å²) in [4.78, 5) is 0. The van der Waals surface area contributed by atoms with Crippen molar-refractivity contribution in [1.29, 1.82) is 0 Å². The van der Waals surface area contributed by atoms with Crippen LogP contribution in [0.1, 0.15) is 179 Å². The van der Waals surface area contributed by atoms with Gasteiger partial charge in [-0.1, -0.05) is 155 Å². The van der Waals surface area contributed by atoms with E-state index in [1.165, 1.54) is 165 Å². The SMILES string of the molecule is CCCCCCCCCCCCCCc1cc(O)c(O)cc1CCCCCCCCCCCCCC. The number of aryl methyl sites for hydroxylation is 2. The highest BCUT2D eigenvalue weighted by molar-refractivity contribution is 5.45.